The predicted molar refractivity (Wildman–Crippen MR) is 151 cm³/mol. The highest BCUT2D eigenvalue weighted by atomic mass is 32.2. The SMILES string of the molecule is CCCCNC(=O)[C@H](Cc1ccccc1)N(Cc1ccccc1C)C(=O)CSCc1ccc(C)cc1. The number of nitrogens with one attached hydrogen (secondary N) is 1. The third-order valence-electron chi connectivity index (χ3n) is 6.32. The Morgan fingerprint density at radius 1 is 0.889 bits per heavy atom. The summed E-state index contributed by atoms with van der Waals surface area (Å²) in [4.78, 5) is 28.9. The van der Waals surface area contributed by atoms with E-state index in [9.17, 15) is 9.59 Å². The smallest absolute Gasteiger partial charge is 0.243 e. The Bertz CT molecular complexity index is 1100. The summed E-state index contributed by atoms with van der Waals surface area (Å²) < 4.78 is 0. The Morgan fingerprint density at radius 3 is 2.28 bits per heavy atom. The normalized spacial score (nSPS) is 11.6. The fourth-order valence-corrected chi connectivity index (χ4v) is 4.93. The Labute approximate surface area is 220 Å². The molecule has 36 heavy (non-hydrogen) atoms. The zero-order valence-electron chi connectivity index (χ0n) is 21.7. The van der Waals surface area contributed by atoms with E-state index in [-0.39, 0.29) is 11.8 Å². The third kappa shape index (κ3) is 8.56. The van der Waals surface area contributed by atoms with Gasteiger partial charge < -0.3 is 10.2 Å². The van der Waals surface area contributed by atoms with E-state index in [1.54, 1.807) is 16.7 Å². The van der Waals surface area contributed by atoms with Crippen molar-refractivity contribution in [2.75, 3.05) is 12.3 Å². The number of benzene rings is 3. The van der Waals surface area contributed by atoms with Crippen LogP contribution in [0.25, 0.3) is 0 Å². The lowest BCUT2D eigenvalue weighted by Crippen LogP contribution is -2.51. The van der Waals surface area contributed by atoms with Gasteiger partial charge in [0.25, 0.3) is 0 Å². The Kier molecular flexibility index (Phi) is 11.1. The van der Waals surface area contributed by atoms with E-state index in [2.05, 4.69) is 56.4 Å². The first-order chi connectivity index (χ1) is 17.5. The molecule has 2 amide bonds. The molecule has 1 atom stereocenters. The van der Waals surface area contributed by atoms with Crippen LogP contribution in [-0.4, -0.2) is 35.1 Å². The maximum absolute atomic E-state index is 13.7. The van der Waals surface area contributed by atoms with E-state index in [1.165, 1.54) is 11.1 Å². The van der Waals surface area contributed by atoms with Gasteiger partial charge in [-0.15, -0.1) is 11.8 Å². The van der Waals surface area contributed by atoms with Crippen molar-refractivity contribution in [3.05, 3.63) is 107 Å². The summed E-state index contributed by atoms with van der Waals surface area (Å²) >= 11 is 1.60. The largest absolute Gasteiger partial charge is 0.354 e. The molecule has 0 unspecified atom stereocenters. The highest BCUT2D eigenvalue weighted by Crippen LogP contribution is 2.20. The van der Waals surface area contributed by atoms with Crippen molar-refractivity contribution in [1.29, 1.82) is 0 Å². The fraction of sp³-hybridized carbons (Fsp3) is 0.355. The van der Waals surface area contributed by atoms with Crippen LogP contribution in [0, 0.1) is 13.8 Å². The summed E-state index contributed by atoms with van der Waals surface area (Å²) in [5.74, 6) is 0.989. The Hall–Kier alpha value is -3.05. The second kappa shape index (κ2) is 14.5. The molecule has 0 spiro atoms. The van der Waals surface area contributed by atoms with Gasteiger partial charge in [-0.2, -0.15) is 0 Å². The van der Waals surface area contributed by atoms with Crippen LogP contribution in [-0.2, 0) is 28.3 Å². The molecule has 0 bridgehead atoms. The molecule has 0 saturated heterocycles. The van der Waals surface area contributed by atoms with Crippen molar-refractivity contribution in [3.8, 4) is 0 Å². The summed E-state index contributed by atoms with van der Waals surface area (Å²) in [7, 11) is 0. The zero-order chi connectivity index (χ0) is 25.8. The molecule has 0 aliphatic carbocycles. The minimum atomic E-state index is -0.573. The summed E-state index contributed by atoms with van der Waals surface area (Å²) in [6, 6.07) is 25.9. The second-order valence-corrected chi connectivity index (χ2v) is 10.3. The highest BCUT2D eigenvalue weighted by molar-refractivity contribution is 7.99. The van der Waals surface area contributed by atoms with Crippen molar-refractivity contribution in [2.24, 2.45) is 0 Å². The number of thioether (sulfide) groups is 1. The summed E-state index contributed by atoms with van der Waals surface area (Å²) in [5.41, 5.74) is 5.65. The minimum absolute atomic E-state index is 0.0121. The molecule has 0 saturated carbocycles. The molecule has 0 heterocycles. The van der Waals surface area contributed by atoms with Crippen LogP contribution in [0.5, 0.6) is 0 Å². The van der Waals surface area contributed by atoms with Crippen LogP contribution >= 0.6 is 11.8 Å². The molecule has 0 aromatic heterocycles. The number of aryl methyl sites for hydroxylation is 2. The molecule has 1 N–H and O–H groups in total. The van der Waals surface area contributed by atoms with E-state index >= 15 is 0 Å². The summed E-state index contributed by atoms with van der Waals surface area (Å²) in [5, 5.41) is 3.09. The van der Waals surface area contributed by atoms with Gasteiger partial charge in [0, 0.05) is 25.3 Å². The summed E-state index contributed by atoms with van der Waals surface area (Å²) in [6.07, 6.45) is 2.41. The molecule has 190 valence electrons. The first-order valence-corrected chi connectivity index (χ1v) is 13.9. The van der Waals surface area contributed by atoms with Gasteiger partial charge in [0.15, 0.2) is 0 Å². The van der Waals surface area contributed by atoms with E-state index in [1.807, 2.05) is 48.5 Å². The van der Waals surface area contributed by atoms with E-state index in [0.717, 1.165) is 35.3 Å². The molecule has 3 aromatic rings. The summed E-state index contributed by atoms with van der Waals surface area (Å²) in [6.45, 7) is 7.26. The topological polar surface area (TPSA) is 49.4 Å². The van der Waals surface area contributed by atoms with Gasteiger partial charge >= 0.3 is 0 Å². The van der Waals surface area contributed by atoms with Crippen LogP contribution in [0.15, 0.2) is 78.9 Å². The molecule has 5 heteroatoms. The van der Waals surface area contributed by atoms with Crippen LogP contribution in [0.4, 0.5) is 0 Å². The van der Waals surface area contributed by atoms with Crippen molar-refractivity contribution in [1.82, 2.24) is 10.2 Å². The fourth-order valence-electron chi connectivity index (χ4n) is 4.05. The number of unbranched alkanes of at least 4 members (excludes halogenated alkanes) is 1. The molecule has 0 radical (unpaired) electrons. The quantitative estimate of drug-likeness (QED) is 0.288. The van der Waals surface area contributed by atoms with Gasteiger partial charge in [-0.1, -0.05) is 97.8 Å². The average molecular weight is 503 g/mol. The molecule has 0 fully saturated rings. The van der Waals surface area contributed by atoms with Crippen LogP contribution < -0.4 is 5.32 Å². The van der Waals surface area contributed by atoms with Gasteiger partial charge in [-0.25, -0.2) is 0 Å². The second-order valence-electron chi connectivity index (χ2n) is 9.28. The molecule has 4 nitrogen and oxygen atoms in total. The molecular weight excluding hydrogens is 464 g/mol. The maximum atomic E-state index is 13.7. The lowest BCUT2D eigenvalue weighted by molar-refractivity contribution is -0.139. The molecule has 3 rings (SSSR count). The van der Waals surface area contributed by atoms with Crippen molar-refractivity contribution in [2.45, 2.75) is 58.4 Å². The molecule has 3 aromatic carbocycles. The molecule has 0 aliphatic rings. The van der Waals surface area contributed by atoms with E-state index in [0.29, 0.717) is 25.3 Å². The zero-order valence-corrected chi connectivity index (χ0v) is 22.5. The van der Waals surface area contributed by atoms with Crippen molar-refractivity contribution in [3.63, 3.8) is 0 Å². The van der Waals surface area contributed by atoms with Crippen LogP contribution in [0.1, 0.15) is 47.6 Å². The monoisotopic (exact) mass is 502 g/mol. The molecule has 0 aliphatic heterocycles. The lowest BCUT2D eigenvalue weighted by atomic mass is 10.0. The van der Waals surface area contributed by atoms with Crippen molar-refractivity contribution < 1.29 is 9.59 Å². The number of carbonyl (C=O) groups is 2. The number of hydrogen-bond acceptors (Lipinski definition) is 3. The van der Waals surface area contributed by atoms with Gasteiger partial charge in [0.05, 0.1) is 5.75 Å². The number of hydrogen-bond donors (Lipinski definition) is 1. The lowest BCUT2D eigenvalue weighted by Gasteiger charge is -2.32. The average Bonchev–Trinajstić information content (AvgIpc) is 2.89. The molecular formula is C31H38N2O2S. The van der Waals surface area contributed by atoms with Gasteiger partial charge in [0.2, 0.25) is 11.8 Å². The van der Waals surface area contributed by atoms with E-state index in [4.69, 9.17) is 0 Å². The van der Waals surface area contributed by atoms with Crippen LogP contribution in [0.2, 0.25) is 0 Å². The van der Waals surface area contributed by atoms with Crippen LogP contribution in [0.3, 0.4) is 0 Å². The highest BCUT2D eigenvalue weighted by Gasteiger charge is 2.30. The van der Waals surface area contributed by atoms with E-state index < -0.39 is 6.04 Å². The van der Waals surface area contributed by atoms with Gasteiger partial charge in [-0.3, -0.25) is 9.59 Å². The first-order valence-electron chi connectivity index (χ1n) is 12.8. The maximum Gasteiger partial charge on any atom is 0.243 e. The predicted octanol–water partition coefficient (Wildman–Crippen LogP) is 6.09. The first kappa shape index (κ1) is 27.5. The number of nitrogens with zero attached hydrogens (tertiary/aromatic N) is 1. The Balaban J connectivity index is 1.83. The minimum Gasteiger partial charge on any atom is -0.354 e. The standard InChI is InChI=1S/C31H38N2O2S/c1-4-5-19-32-31(35)29(20-26-12-7-6-8-13-26)33(21-28-14-10-9-11-25(28)3)30(34)23-36-22-27-17-15-24(2)16-18-27/h6-18,29H,4-5,19-23H2,1-3H3,(H,32,35)/t29-/m0/s1. The third-order valence-corrected chi connectivity index (χ3v) is 7.31. The van der Waals surface area contributed by atoms with Gasteiger partial charge in [-0.05, 0) is 42.5 Å². The van der Waals surface area contributed by atoms with Gasteiger partial charge in [0.1, 0.15) is 6.04 Å². The number of carbonyl (C=O) groups excluding carboxylic acids is 2. The Morgan fingerprint density at radius 2 is 1.58 bits per heavy atom. The number of amides is 2. The van der Waals surface area contributed by atoms with Crippen molar-refractivity contribution >= 4 is 23.6 Å². The number of rotatable bonds is 13.